The number of aryl methyl sites for hydroxylation is 1. The van der Waals surface area contributed by atoms with Crippen molar-refractivity contribution < 1.29 is 19.1 Å². The molecule has 0 spiro atoms. The minimum atomic E-state index is -0.950. The van der Waals surface area contributed by atoms with Crippen molar-refractivity contribution in [2.24, 2.45) is 5.92 Å². The van der Waals surface area contributed by atoms with Crippen LogP contribution in [-0.4, -0.2) is 28.5 Å². The lowest BCUT2D eigenvalue weighted by molar-refractivity contribution is -0.141. The van der Waals surface area contributed by atoms with E-state index in [1.54, 1.807) is 0 Å². The van der Waals surface area contributed by atoms with Gasteiger partial charge < -0.3 is 14.8 Å². The van der Waals surface area contributed by atoms with Crippen molar-refractivity contribution in [3.63, 3.8) is 0 Å². The minimum absolute atomic E-state index is 0.0248. The van der Waals surface area contributed by atoms with E-state index in [2.05, 4.69) is 10.3 Å². The van der Waals surface area contributed by atoms with Crippen LogP contribution in [0.25, 0.3) is 10.8 Å². The van der Waals surface area contributed by atoms with Crippen molar-refractivity contribution in [2.45, 2.75) is 19.8 Å². The van der Waals surface area contributed by atoms with Gasteiger partial charge in [-0.1, -0.05) is 49.4 Å². The molecule has 26 heavy (non-hydrogen) atoms. The summed E-state index contributed by atoms with van der Waals surface area (Å²) in [6.07, 6.45) is 2.10. The highest BCUT2D eigenvalue weighted by molar-refractivity contribution is 5.93. The summed E-state index contributed by atoms with van der Waals surface area (Å²) < 4.78 is 5.14. The van der Waals surface area contributed by atoms with Crippen LogP contribution in [0.1, 0.15) is 28.7 Å². The molecule has 6 nitrogen and oxygen atoms in total. The third kappa shape index (κ3) is 3.91. The second-order valence-corrected chi connectivity index (χ2v) is 6.11. The Morgan fingerprint density at radius 1 is 1.19 bits per heavy atom. The molecule has 0 bridgehead atoms. The SMILES string of the molecule is CCc1ocnc1C(=O)NCC(Cc1ccc2ccccc2c1)C(=O)O. The van der Waals surface area contributed by atoms with Crippen LogP contribution in [0.3, 0.4) is 0 Å². The van der Waals surface area contributed by atoms with Crippen LogP contribution in [0, 0.1) is 5.92 Å². The molecule has 134 valence electrons. The van der Waals surface area contributed by atoms with Crippen molar-refractivity contribution in [3.8, 4) is 0 Å². The van der Waals surface area contributed by atoms with Gasteiger partial charge in [-0.25, -0.2) is 4.98 Å². The lowest BCUT2D eigenvalue weighted by Crippen LogP contribution is -2.34. The summed E-state index contributed by atoms with van der Waals surface area (Å²) in [4.78, 5) is 27.7. The number of nitrogens with one attached hydrogen (secondary N) is 1. The molecular formula is C20H20N2O4. The van der Waals surface area contributed by atoms with Gasteiger partial charge in [0.15, 0.2) is 12.1 Å². The molecule has 0 saturated carbocycles. The maximum absolute atomic E-state index is 12.2. The number of carboxylic acid groups (broad SMARTS) is 1. The van der Waals surface area contributed by atoms with Gasteiger partial charge in [0.2, 0.25) is 0 Å². The molecule has 1 atom stereocenters. The number of hydrogen-bond donors (Lipinski definition) is 2. The lowest BCUT2D eigenvalue weighted by Gasteiger charge is -2.14. The third-order valence-corrected chi connectivity index (χ3v) is 4.33. The number of rotatable bonds is 7. The van der Waals surface area contributed by atoms with Crippen LogP contribution in [0.4, 0.5) is 0 Å². The predicted octanol–water partition coefficient (Wildman–Crippen LogP) is 3.06. The Bertz CT molecular complexity index is 932. The molecule has 1 heterocycles. The summed E-state index contributed by atoms with van der Waals surface area (Å²) >= 11 is 0. The molecule has 1 amide bonds. The number of carbonyl (C=O) groups excluding carboxylic acids is 1. The monoisotopic (exact) mass is 352 g/mol. The molecule has 6 heteroatoms. The molecule has 3 rings (SSSR count). The van der Waals surface area contributed by atoms with Crippen LogP contribution in [0.15, 0.2) is 53.3 Å². The Morgan fingerprint density at radius 2 is 1.96 bits per heavy atom. The second-order valence-electron chi connectivity index (χ2n) is 6.11. The number of fused-ring (bicyclic) bond motifs is 1. The number of carboxylic acids is 1. The van der Waals surface area contributed by atoms with Gasteiger partial charge in [0.25, 0.3) is 5.91 Å². The minimum Gasteiger partial charge on any atom is -0.481 e. The van der Waals surface area contributed by atoms with Gasteiger partial charge >= 0.3 is 5.97 Å². The molecule has 0 fully saturated rings. The zero-order valence-electron chi connectivity index (χ0n) is 14.4. The molecule has 3 aromatic rings. The number of aliphatic carboxylic acids is 1. The van der Waals surface area contributed by atoms with Gasteiger partial charge in [-0.15, -0.1) is 0 Å². The van der Waals surface area contributed by atoms with E-state index in [0.29, 0.717) is 18.6 Å². The van der Waals surface area contributed by atoms with Crippen LogP contribution < -0.4 is 5.32 Å². The Kier molecular flexibility index (Phi) is 5.31. The number of aromatic nitrogens is 1. The average Bonchev–Trinajstić information content (AvgIpc) is 3.13. The summed E-state index contributed by atoms with van der Waals surface area (Å²) in [6.45, 7) is 1.88. The van der Waals surface area contributed by atoms with Gasteiger partial charge in [-0.2, -0.15) is 0 Å². The largest absolute Gasteiger partial charge is 0.481 e. The Labute approximate surface area is 150 Å². The van der Waals surface area contributed by atoms with Gasteiger partial charge in [0.05, 0.1) is 5.92 Å². The predicted molar refractivity (Wildman–Crippen MR) is 97.0 cm³/mol. The van der Waals surface area contributed by atoms with Crippen LogP contribution in [0.2, 0.25) is 0 Å². The number of nitrogens with zero attached hydrogens (tertiary/aromatic N) is 1. The summed E-state index contributed by atoms with van der Waals surface area (Å²) in [5.41, 5.74) is 1.13. The topological polar surface area (TPSA) is 92.4 Å². The van der Waals surface area contributed by atoms with Gasteiger partial charge in [-0.3, -0.25) is 9.59 Å². The first-order valence-corrected chi connectivity index (χ1v) is 8.49. The van der Waals surface area contributed by atoms with E-state index in [4.69, 9.17) is 4.42 Å². The van der Waals surface area contributed by atoms with Crippen molar-refractivity contribution in [1.29, 1.82) is 0 Å². The first kappa shape index (κ1) is 17.7. The zero-order valence-corrected chi connectivity index (χ0v) is 14.4. The maximum atomic E-state index is 12.2. The standard InChI is InChI=1S/C20H20N2O4/c1-2-17-18(22-12-26-17)19(23)21-11-16(20(24)25)10-13-7-8-14-5-3-4-6-15(14)9-13/h3-9,12,16H,2,10-11H2,1H3,(H,21,23)(H,24,25). The van der Waals surface area contributed by atoms with Crippen molar-refractivity contribution in [2.75, 3.05) is 6.54 Å². The highest BCUT2D eigenvalue weighted by Gasteiger charge is 2.21. The highest BCUT2D eigenvalue weighted by Crippen LogP contribution is 2.18. The maximum Gasteiger partial charge on any atom is 0.308 e. The lowest BCUT2D eigenvalue weighted by atomic mass is 9.97. The smallest absolute Gasteiger partial charge is 0.308 e. The van der Waals surface area contributed by atoms with E-state index in [1.165, 1.54) is 6.39 Å². The molecule has 0 saturated heterocycles. The number of benzene rings is 2. The quantitative estimate of drug-likeness (QED) is 0.682. The van der Waals surface area contributed by atoms with Crippen molar-refractivity contribution in [1.82, 2.24) is 10.3 Å². The first-order valence-electron chi connectivity index (χ1n) is 8.49. The summed E-state index contributed by atoms with van der Waals surface area (Å²) in [6, 6.07) is 13.8. The summed E-state index contributed by atoms with van der Waals surface area (Å²) in [5.74, 6) is -1.60. The molecule has 1 aromatic heterocycles. The average molecular weight is 352 g/mol. The molecule has 1 unspecified atom stereocenters. The molecular weight excluding hydrogens is 332 g/mol. The molecule has 0 aliphatic rings. The van der Waals surface area contributed by atoms with Crippen LogP contribution in [0.5, 0.6) is 0 Å². The van der Waals surface area contributed by atoms with Crippen molar-refractivity contribution >= 4 is 22.6 Å². The normalized spacial score (nSPS) is 12.0. The molecule has 2 N–H and O–H groups in total. The van der Waals surface area contributed by atoms with E-state index in [0.717, 1.165) is 16.3 Å². The zero-order chi connectivity index (χ0) is 18.5. The van der Waals surface area contributed by atoms with E-state index in [-0.39, 0.29) is 12.2 Å². The third-order valence-electron chi connectivity index (χ3n) is 4.33. The molecule has 0 radical (unpaired) electrons. The summed E-state index contributed by atoms with van der Waals surface area (Å²) in [7, 11) is 0. The van der Waals surface area contributed by atoms with E-state index in [1.807, 2.05) is 49.4 Å². The van der Waals surface area contributed by atoms with E-state index >= 15 is 0 Å². The van der Waals surface area contributed by atoms with Gasteiger partial charge in [0.1, 0.15) is 5.76 Å². The fraction of sp³-hybridized carbons (Fsp3) is 0.250. The van der Waals surface area contributed by atoms with Gasteiger partial charge in [-0.05, 0) is 22.8 Å². The Hall–Kier alpha value is -3.15. The molecule has 2 aromatic carbocycles. The van der Waals surface area contributed by atoms with E-state index < -0.39 is 17.8 Å². The van der Waals surface area contributed by atoms with Gasteiger partial charge in [0, 0.05) is 13.0 Å². The second kappa shape index (κ2) is 7.82. The Balaban J connectivity index is 1.68. The fourth-order valence-electron chi connectivity index (χ4n) is 2.90. The van der Waals surface area contributed by atoms with Crippen LogP contribution >= 0.6 is 0 Å². The fourth-order valence-corrected chi connectivity index (χ4v) is 2.90. The molecule has 0 aliphatic carbocycles. The van der Waals surface area contributed by atoms with Crippen LogP contribution in [-0.2, 0) is 17.6 Å². The van der Waals surface area contributed by atoms with E-state index in [9.17, 15) is 14.7 Å². The Morgan fingerprint density at radius 3 is 2.69 bits per heavy atom. The first-order chi connectivity index (χ1) is 12.6. The number of hydrogen-bond acceptors (Lipinski definition) is 4. The molecule has 0 aliphatic heterocycles. The van der Waals surface area contributed by atoms with Crippen molar-refractivity contribution in [3.05, 3.63) is 65.9 Å². The highest BCUT2D eigenvalue weighted by atomic mass is 16.4. The number of amides is 1. The number of oxazole rings is 1. The number of carbonyl (C=O) groups is 2. The summed E-state index contributed by atoms with van der Waals surface area (Å²) in [5, 5.41) is 14.3.